The zero-order chi connectivity index (χ0) is 10.5. The molecule has 0 aliphatic carbocycles. The fourth-order valence-electron chi connectivity index (χ4n) is 1.98. The van der Waals surface area contributed by atoms with Gasteiger partial charge in [-0.15, -0.1) is 0 Å². The van der Waals surface area contributed by atoms with Gasteiger partial charge in [-0.1, -0.05) is 0 Å². The molecule has 82 valence electrons. The number of hydrogen-bond acceptors (Lipinski definition) is 5. The maximum absolute atomic E-state index is 9.62. The van der Waals surface area contributed by atoms with Crippen LogP contribution in [-0.2, 0) is 14.2 Å². The monoisotopic (exact) mass is 204 g/mol. The summed E-state index contributed by atoms with van der Waals surface area (Å²) in [6.45, 7) is 5.34. The van der Waals surface area contributed by atoms with E-state index in [2.05, 4.69) is 0 Å². The second-order valence-corrected chi connectivity index (χ2v) is 4.29. The van der Waals surface area contributed by atoms with E-state index in [1.165, 1.54) is 0 Å². The van der Waals surface area contributed by atoms with Crippen LogP contribution in [0.2, 0.25) is 0 Å². The Labute approximate surface area is 82.6 Å². The van der Waals surface area contributed by atoms with Gasteiger partial charge in [0.15, 0.2) is 12.1 Å². The van der Waals surface area contributed by atoms with E-state index in [0.717, 1.165) is 0 Å². The summed E-state index contributed by atoms with van der Waals surface area (Å²) >= 11 is 0. The van der Waals surface area contributed by atoms with Crippen molar-refractivity contribution in [1.29, 1.82) is 0 Å². The van der Waals surface area contributed by atoms with Gasteiger partial charge in [-0.05, 0) is 20.8 Å². The predicted molar refractivity (Wildman–Crippen MR) is 46.4 cm³/mol. The van der Waals surface area contributed by atoms with E-state index in [0.29, 0.717) is 0 Å². The average Bonchev–Trinajstić information content (AvgIpc) is 2.38. The summed E-state index contributed by atoms with van der Waals surface area (Å²) in [6.07, 6.45) is -3.34. The van der Waals surface area contributed by atoms with Crippen molar-refractivity contribution < 1.29 is 24.4 Å². The lowest BCUT2D eigenvalue weighted by molar-refractivity contribution is -0.255. The van der Waals surface area contributed by atoms with Crippen LogP contribution in [0, 0.1) is 0 Å². The molecule has 5 atom stereocenters. The first-order chi connectivity index (χ1) is 6.41. The lowest BCUT2D eigenvalue weighted by Crippen LogP contribution is -2.55. The molecular formula is C9H16O5. The summed E-state index contributed by atoms with van der Waals surface area (Å²) in [5.74, 6) is -0.724. The summed E-state index contributed by atoms with van der Waals surface area (Å²) in [5, 5.41) is 19.0. The van der Waals surface area contributed by atoms with Gasteiger partial charge in [0.1, 0.15) is 18.3 Å². The number of fused-ring (bicyclic) bond motifs is 1. The van der Waals surface area contributed by atoms with Crippen LogP contribution in [0.4, 0.5) is 0 Å². The minimum Gasteiger partial charge on any atom is -0.385 e. The fourth-order valence-corrected chi connectivity index (χ4v) is 1.98. The molecule has 2 N–H and O–H groups in total. The molecule has 0 radical (unpaired) electrons. The smallest absolute Gasteiger partial charge is 0.183 e. The van der Waals surface area contributed by atoms with E-state index in [9.17, 15) is 10.2 Å². The highest BCUT2D eigenvalue weighted by atomic mass is 16.8. The molecule has 0 amide bonds. The highest BCUT2D eigenvalue weighted by Crippen LogP contribution is 2.36. The van der Waals surface area contributed by atoms with Crippen LogP contribution < -0.4 is 0 Å². The van der Waals surface area contributed by atoms with Gasteiger partial charge in [0.2, 0.25) is 0 Å². The first-order valence-electron chi connectivity index (χ1n) is 4.78. The first kappa shape index (κ1) is 10.3. The molecule has 0 unspecified atom stereocenters. The van der Waals surface area contributed by atoms with Crippen LogP contribution >= 0.6 is 0 Å². The summed E-state index contributed by atoms with van der Waals surface area (Å²) in [6, 6.07) is 0. The number of hydrogen-bond donors (Lipinski definition) is 2. The second-order valence-electron chi connectivity index (χ2n) is 4.29. The molecule has 2 aliphatic rings. The molecular weight excluding hydrogens is 188 g/mol. The lowest BCUT2D eigenvalue weighted by Gasteiger charge is -2.36. The van der Waals surface area contributed by atoms with Crippen LogP contribution in [0.5, 0.6) is 0 Å². The maximum atomic E-state index is 9.62. The normalized spacial score (nSPS) is 51.6. The summed E-state index contributed by atoms with van der Waals surface area (Å²) in [7, 11) is 0. The minimum absolute atomic E-state index is 0.278. The molecule has 0 saturated carbocycles. The van der Waals surface area contributed by atoms with E-state index in [4.69, 9.17) is 14.2 Å². The molecule has 2 rings (SSSR count). The van der Waals surface area contributed by atoms with Crippen molar-refractivity contribution in [3.8, 4) is 0 Å². The van der Waals surface area contributed by atoms with Crippen molar-refractivity contribution in [1.82, 2.24) is 0 Å². The molecule has 2 fully saturated rings. The Hall–Kier alpha value is -0.200. The zero-order valence-electron chi connectivity index (χ0n) is 8.51. The van der Waals surface area contributed by atoms with Crippen LogP contribution in [0.1, 0.15) is 20.8 Å². The van der Waals surface area contributed by atoms with E-state index < -0.39 is 24.3 Å². The van der Waals surface area contributed by atoms with Crippen molar-refractivity contribution in [3.05, 3.63) is 0 Å². The van der Waals surface area contributed by atoms with E-state index >= 15 is 0 Å². The van der Waals surface area contributed by atoms with Gasteiger partial charge in [0, 0.05) is 0 Å². The lowest BCUT2D eigenvalue weighted by atomic mass is 10.0. The van der Waals surface area contributed by atoms with Crippen molar-refractivity contribution in [3.63, 3.8) is 0 Å². The maximum Gasteiger partial charge on any atom is 0.183 e. The fraction of sp³-hybridized carbons (Fsp3) is 1.00. The molecule has 0 aromatic rings. The van der Waals surface area contributed by atoms with Gasteiger partial charge < -0.3 is 24.4 Å². The Kier molecular flexibility index (Phi) is 2.32. The SMILES string of the molecule is C[C@@H]1O[C@H](O)[C@H](O)[C@@H]2OC(C)(C)O[C@H]21. The molecule has 0 bridgehead atoms. The van der Waals surface area contributed by atoms with E-state index in [1.807, 2.05) is 0 Å². The second kappa shape index (κ2) is 3.15. The number of rotatable bonds is 0. The van der Waals surface area contributed by atoms with Gasteiger partial charge in [-0.3, -0.25) is 0 Å². The van der Waals surface area contributed by atoms with Crippen molar-refractivity contribution in [2.45, 2.75) is 57.3 Å². The largest absolute Gasteiger partial charge is 0.385 e. The Bertz CT molecular complexity index is 229. The standard InChI is InChI=1S/C9H16O5/c1-4-6-7(5(10)8(11)12-4)14-9(2,3)13-6/h4-8,10-11H,1-3H3/t4-,5+,6-,7-,8-/m0/s1. The van der Waals surface area contributed by atoms with Gasteiger partial charge >= 0.3 is 0 Å². The summed E-state index contributed by atoms with van der Waals surface area (Å²) < 4.78 is 16.2. The average molecular weight is 204 g/mol. The Balaban J connectivity index is 2.18. The Morgan fingerprint density at radius 2 is 1.64 bits per heavy atom. The quantitative estimate of drug-likeness (QED) is 0.562. The molecule has 0 aromatic carbocycles. The molecule has 2 saturated heterocycles. The van der Waals surface area contributed by atoms with Gasteiger partial charge in [-0.25, -0.2) is 0 Å². The number of aliphatic hydroxyl groups is 2. The zero-order valence-corrected chi connectivity index (χ0v) is 8.51. The van der Waals surface area contributed by atoms with Crippen LogP contribution in [0.15, 0.2) is 0 Å². The van der Waals surface area contributed by atoms with Crippen LogP contribution in [0.3, 0.4) is 0 Å². The first-order valence-corrected chi connectivity index (χ1v) is 4.78. The molecule has 2 aliphatic heterocycles. The van der Waals surface area contributed by atoms with E-state index in [1.54, 1.807) is 20.8 Å². The molecule has 0 aromatic heterocycles. The third-order valence-corrected chi connectivity index (χ3v) is 2.61. The van der Waals surface area contributed by atoms with Crippen LogP contribution in [-0.4, -0.2) is 46.7 Å². The summed E-state index contributed by atoms with van der Waals surface area (Å²) in [5.41, 5.74) is 0. The van der Waals surface area contributed by atoms with Crippen LogP contribution in [0.25, 0.3) is 0 Å². The van der Waals surface area contributed by atoms with Gasteiger partial charge in [0.25, 0.3) is 0 Å². The predicted octanol–water partition coefficient (Wildman–Crippen LogP) is -0.396. The molecule has 0 spiro atoms. The topological polar surface area (TPSA) is 68.2 Å². The van der Waals surface area contributed by atoms with E-state index in [-0.39, 0.29) is 12.2 Å². The van der Waals surface area contributed by atoms with Gasteiger partial charge in [-0.2, -0.15) is 0 Å². The number of aliphatic hydroxyl groups excluding tert-OH is 2. The Morgan fingerprint density at radius 3 is 2.29 bits per heavy atom. The molecule has 2 heterocycles. The third kappa shape index (κ3) is 1.55. The molecule has 14 heavy (non-hydrogen) atoms. The minimum atomic E-state index is -1.19. The molecule has 5 heteroatoms. The van der Waals surface area contributed by atoms with Crippen molar-refractivity contribution in [2.24, 2.45) is 0 Å². The number of ether oxygens (including phenoxy) is 3. The Morgan fingerprint density at radius 1 is 1.07 bits per heavy atom. The van der Waals surface area contributed by atoms with Crippen molar-refractivity contribution in [2.75, 3.05) is 0 Å². The van der Waals surface area contributed by atoms with Gasteiger partial charge in [0.05, 0.1) is 6.10 Å². The highest BCUT2D eigenvalue weighted by Gasteiger charge is 2.53. The van der Waals surface area contributed by atoms with Crippen molar-refractivity contribution >= 4 is 0 Å². The third-order valence-electron chi connectivity index (χ3n) is 2.61. The highest BCUT2D eigenvalue weighted by molar-refractivity contribution is 4.94. The summed E-state index contributed by atoms with van der Waals surface area (Å²) in [4.78, 5) is 0. The molecule has 5 nitrogen and oxygen atoms in total.